The van der Waals surface area contributed by atoms with Crippen molar-refractivity contribution in [3.05, 3.63) is 0 Å². The third-order valence-electron chi connectivity index (χ3n) is 2.27. The molecule has 1 unspecified atom stereocenters. The lowest BCUT2D eigenvalue weighted by atomic mass is 10.00. The van der Waals surface area contributed by atoms with Gasteiger partial charge in [-0.2, -0.15) is 0 Å². The minimum absolute atomic E-state index is 0.0168. The Labute approximate surface area is 74.5 Å². The molecule has 0 aromatic heterocycles. The number of hydrogen-bond acceptors (Lipinski definition) is 1. The van der Waals surface area contributed by atoms with Crippen molar-refractivity contribution >= 4 is 6.29 Å². The van der Waals surface area contributed by atoms with E-state index in [1.165, 1.54) is 25.7 Å². The molecule has 0 N–H and O–H groups in total. The molecule has 0 saturated heterocycles. The van der Waals surface area contributed by atoms with Crippen molar-refractivity contribution in [3.8, 4) is 11.8 Å². The summed E-state index contributed by atoms with van der Waals surface area (Å²) in [5.41, 5.74) is 0. The quantitative estimate of drug-likeness (QED) is 0.430. The fourth-order valence-electron chi connectivity index (χ4n) is 1.49. The van der Waals surface area contributed by atoms with Gasteiger partial charge in [-0.3, -0.25) is 0 Å². The number of hydrogen-bond donors (Lipinski definition) is 0. The molecule has 1 aliphatic carbocycles. The van der Waals surface area contributed by atoms with Gasteiger partial charge >= 0.3 is 0 Å². The van der Waals surface area contributed by atoms with Gasteiger partial charge in [0.25, 0.3) is 0 Å². The second-order valence-corrected chi connectivity index (χ2v) is 3.37. The average Bonchev–Trinajstić information content (AvgIpc) is 2.14. The van der Waals surface area contributed by atoms with E-state index >= 15 is 0 Å². The first-order valence-corrected chi connectivity index (χ1v) is 4.87. The Hall–Kier alpha value is -0.770. The van der Waals surface area contributed by atoms with Crippen LogP contribution in [0.15, 0.2) is 0 Å². The second-order valence-electron chi connectivity index (χ2n) is 3.37. The van der Waals surface area contributed by atoms with E-state index < -0.39 is 0 Å². The van der Waals surface area contributed by atoms with Crippen LogP contribution in [0.5, 0.6) is 0 Å². The summed E-state index contributed by atoms with van der Waals surface area (Å²) < 4.78 is 0. The van der Waals surface area contributed by atoms with Crippen molar-refractivity contribution in [1.82, 2.24) is 0 Å². The largest absolute Gasteiger partial charge is 0.302 e. The molecule has 0 spiro atoms. The Bertz CT molecular complexity index is 185. The van der Waals surface area contributed by atoms with E-state index in [0.717, 1.165) is 25.5 Å². The fraction of sp³-hybridized carbons (Fsp3) is 0.727. The summed E-state index contributed by atoms with van der Waals surface area (Å²) in [6, 6.07) is 0. The first-order valence-electron chi connectivity index (χ1n) is 4.87. The molecule has 0 amide bonds. The van der Waals surface area contributed by atoms with Gasteiger partial charge in [0.05, 0.1) is 5.92 Å². The first kappa shape index (κ1) is 9.32. The average molecular weight is 164 g/mol. The maximum atomic E-state index is 10.5. The van der Waals surface area contributed by atoms with Crippen molar-refractivity contribution in [2.75, 3.05) is 0 Å². The van der Waals surface area contributed by atoms with Gasteiger partial charge in [0.15, 0.2) is 0 Å². The van der Waals surface area contributed by atoms with E-state index in [4.69, 9.17) is 0 Å². The second kappa shape index (κ2) is 5.83. The van der Waals surface area contributed by atoms with Gasteiger partial charge in [0.1, 0.15) is 6.29 Å². The number of carbonyl (C=O) groups is 1. The van der Waals surface area contributed by atoms with E-state index in [2.05, 4.69) is 11.8 Å². The van der Waals surface area contributed by atoms with Crippen LogP contribution in [0.25, 0.3) is 0 Å². The first-order chi connectivity index (χ1) is 5.93. The van der Waals surface area contributed by atoms with E-state index in [1.807, 2.05) is 0 Å². The fourth-order valence-corrected chi connectivity index (χ4v) is 1.49. The summed E-state index contributed by atoms with van der Waals surface area (Å²) in [4.78, 5) is 10.5. The van der Waals surface area contributed by atoms with E-state index in [-0.39, 0.29) is 5.92 Å². The van der Waals surface area contributed by atoms with Gasteiger partial charge in [-0.1, -0.05) is 31.6 Å². The molecule has 0 radical (unpaired) electrons. The Morgan fingerprint density at radius 3 is 2.67 bits per heavy atom. The molecule has 0 heterocycles. The molecule has 1 aliphatic rings. The van der Waals surface area contributed by atoms with E-state index in [9.17, 15) is 4.79 Å². The standard InChI is InChI=1S/C11H16O/c12-10-11-8-6-4-2-1-3-5-7-9-11/h10-11H,1-6,8H2. The molecule has 0 aliphatic heterocycles. The molecular formula is C11H16O. The molecular weight excluding hydrogens is 148 g/mol. The smallest absolute Gasteiger partial charge is 0.134 e. The van der Waals surface area contributed by atoms with Crippen LogP contribution in [-0.4, -0.2) is 6.29 Å². The Kier molecular flexibility index (Phi) is 4.52. The van der Waals surface area contributed by atoms with Crippen LogP contribution in [0, 0.1) is 17.8 Å². The lowest BCUT2D eigenvalue weighted by Gasteiger charge is -2.04. The highest BCUT2D eigenvalue weighted by molar-refractivity contribution is 5.58. The molecule has 0 fully saturated rings. The minimum atomic E-state index is 0.0168. The van der Waals surface area contributed by atoms with Gasteiger partial charge in [0.2, 0.25) is 0 Å². The number of rotatable bonds is 1. The summed E-state index contributed by atoms with van der Waals surface area (Å²) in [5, 5.41) is 0. The predicted molar refractivity (Wildman–Crippen MR) is 49.6 cm³/mol. The van der Waals surface area contributed by atoms with Crippen LogP contribution >= 0.6 is 0 Å². The summed E-state index contributed by atoms with van der Waals surface area (Å²) in [6.07, 6.45) is 9.20. The molecule has 0 aromatic carbocycles. The van der Waals surface area contributed by atoms with Crippen LogP contribution in [0.3, 0.4) is 0 Å². The van der Waals surface area contributed by atoms with Crippen LogP contribution in [-0.2, 0) is 4.79 Å². The maximum Gasteiger partial charge on any atom is 0.134 e. The van der Waals surface area contributed by atoms with E-state index in [1.54, 1.807) is 0 Å². The van der Waals surface area contributed by atoms with Gasteiger partial charge < -0.3 is 4.79 Å². The third-order valence-corrected chi connectivity index (χ3v) is 2.27. The van der Waals surface area contributed by atoms with Gasteiger partial charge in [0, 0.05) is 6.42 Å². The Balaban J connectivity index is 2.41. The van der Waals surface area contributed by atoms with Crippen molar-refractivity contribution < 1.29 is 4.79 Å². The highest BCUT2D eigenvalue weighted by atomic mass is 16.1. The minimum Gasteiger partial charge on any atom is -0.302 e. The SMILES string of the molecule is O=CC1C#CCCCCCCC1. The van der Waals surface area contributed by atoms with Crippen LogP contribution in [0.1, 0.15) is 44.9 Å². The van der Waals surface area contributed by atoms with Gasteiger partial charge in [-0.15, -0.1) is 5.92 Å². The summed E-state index contributed by atoms with van der Waals surface area (Å²) in [6.45, 7) is 0. The van der Waals surface area contributed by atoms with Gasteiger partial charge in [-0.05, 0) is 12.8 Å². The summed E-state index contributed by atoms with van der Waals surface area (Å²) in [7, 11) is 0. The van der Waals surface area contributed by atoms with Crippen LogP contribution < -0.4 is 0 Å². The zero-order chi connectivity index (χ0) is 8.65. The molecule has 0 aromatic rings. The molecule has 1 atom stereocenters. The zero-order valence-corrected chi connectivity index (χ0v) is 7.51. The highest BCUT2D eigenvalue weighted by Crippen LogP contribution is 2.12. The van der Waals surface area contributed by atoms with Crippen molar-refractivity contribution in [2.45, 2.75) is 44.9 Å². The zero-order valence-electron chi connectivity index (χ0n) is 7.51. The monoisotopic (exact) mass is 164 g/mol. The Morgan fingerprint density at radius 2 is 1.83 bits per heavy atom. The maximum absolute atomic E-state index is 10.5. The molecule has 0 bridgehead atoms. The number of aldehydes is 1. The van der Waals surface area contributed by atoms with Crippen molar-refractivity contribution in [2.24, 2.45) is 5.92 Å². The lowest BCUT2D eigenvalue weighted by Crippen LogP contribution is -1.99. The third kappa shape index (κ3) is 3.57. The summed E-state index contributed by atoms with van der Waals surface area (Å²) in [5.74, 6) is 6.11. The normalized spacial score (nSPS) is 25.2. The summed E-state index contributed by atoms with van der Waals surface area (Å²) >= 11 is 0. The van der Waals surface area contributed by atoms with Crippen molar-refractivity contribution in [1.29, 1.82) is 0 Å². The Morgan fingerprint density at radius 1 is 1.08 bits per heavy atom. The number of carbonyl (C=O) groups excluding carboxylic acids is 1. The van der Waals surface area contributed by atoms with Crippen molar-refractivity contribution in [3.63, 3.8) is 0 Å². The van der Waals surface area contributed by atoms with E-state index in [0.29, 0.717) is 0 Å². The van der Waals surface area contributed by atoms with Gasteiger partial charge in [-0.25, -0.2) is 0 Å². The molecule has 0 saturated carbocycles. The molecule has 66 valence electrons. The molecule has 1 rings (SSSR count). The predicted octanol–water partition coefficient (Wildman–Crippen LogP) is 2.55. The lowest BCUT2D eigenvalue weighted by molar-refractivity contribution is -0.109. The van der Waals surface area contributed by atoms with Crippen LogP contribution in [0.2, 0.25) is 0 Å². The van der Waals surface area contributed by atoms with Crippen LogP contribution in [0.4, 0.5) is 0 Å². The topological polar surface area (TPSA) is 17.1 Å². The molecule has 1 nitrogen and oxygen atoms in total. The molecule has 1 heteroatoms. The highest BCUT2D eigenvalue weighted by Gasteiger charge is 2.03. The molecule has 12 heavy (non-hydrogen) atoms.